The topological polar surface area (TPSA) is 57.3 Å². The van der Waals surface area contributed by atoms with Crippen molar-refractivity contribution < 1.29 is 4.74 Å². The predicted molar refractivity (Wildman–Crippen MR) is 76.5 cm³/mol. The second-order valence-electron chi connectivity index (χ2n) is 5.84. The lowest BCUT2D eigenvalue weighted by Gasteiger charge is -2.34. The maximum atomic E-state index is 5.80. The molecule has 0 saturated carbocycles. The first-order chi connectivity index (χ1) is 9.81. The molecule has 3 rings (SSSR count). The summed E-state index contributed by atoms with van der Waals surface area (Å²) in [6, 6.07) is 0. The molecule has 6 nitrogen and oxygen atoms in total. The molecule has 20 heavy (non-hydrogen) atoms. The Balaban J connectivity index is 1.47. The summed E-state index contributed by atoms with van der Waals surface area (Å²) in [6.45, 7) is 9.48. The van der Waals surface area contributed by atoms with Crippen LogP contribution in [0.25, 0.3) is 0 Å². The van der Waals surface area contributed by atoms with Gasteiger partial charge in [0.05, 0.1) is 6.61 Å². The van der Waals surface area contributed by atoms with Gasteiger partial charge in [-0.3, -0.25) is 10.00 Å². The Morgan fingerprint density at radius 3 is 2.70 bits per heavy atom. The van der Waals surface area contributed by atoms with Gasteiger partial charge in [0.15, 0.2) is 5.82 Å². The molecule has 0 spiro atoms. The monoisotopic (exact) mass is 279 g/mol. The van der Waals surface area contributed by atoms with Crippen LogP contribution in [0.2, 0.25) is 0 Å². The molecule has 1 aromatic heterocycles. The third-order valence-electron chi connectivity index (χ3n) is 4.23. The van der Waals surface area contributed by atoms with Crippen molar-refractivity contribution in [2.24, 2.45) is 0 Å². The molecule has 2 saturated heterocycles. The fourth-order valence-corrected chi connectivity index (χ4v) is 3.03. The molecule has 1 N–H and O–H groups in total. The highest BCUT2D eigenvalue weighted by Crippen LogP contribution is 2.19. The Kier molecular flexibility index (Phi) is 4.65. The van der Waals surface area contributed by atoms with E-state index < -0.39 is 0 Å². The molecule has 0 radical (unpaired) electrons. The number of H-pyrrole nitrogens is 1. The Morgan fingerprint density at radius 1 is 1.15 bits per heavy atom. The molecule has 0 bridgehead atoms. The lowest BCUT2D eigenvalue weighted by Crippen LogP contribution is -2.43. The Hall–Kier alpha value is -0.980. The van der Waals surface area contributed by atoms with Crippen LogP contribution in [0.15, 0.2) is 0 Å². The first kappa shape index (κ1) is 14.0. The van der Waals surface area contributed by atoms with Crippen molar-refractivity contribution in [3.05, 3.63) is 11.6 Å². The van der Waals surface area contributed by atoms with Crippen LogP contribution in [0.4, 0.5) is 0 Å². The van der Waals surface area contributed by atoms with Crippen molar-refractivity contribution in [1.29, 1.82) is 0 Å². The zero-order valence-corrected chi connectivity index (χ0v) is 12.3. The Labute approximate surface area is 120 Å². The van der Waals surface area contributed by atoms with E-state index in [0.29, 0.717) is 0 Å². The van der Waals surface area contributed by atoms with Crippen molar-refractivity contribution in [1.82, 2.24) is 25.0 Å². The van der Waals surface area contributed by atoms with Crippen LogP contribution in [-0.4, -0.2) is 70.9 Å². The maximum absolute atomic E-state index is 5.80. The number of rotatable bonds is 4. The lowest BCUT2D eigenvalue weighted by molar-refractivity contribution is -0.0365. The molecule has 2 aliphatic heterocycles. The lowest BCUT2D eigenvalue weighted by atomic mass is 10.1. The van der Waals surface area contributed by atoms with Crippen LogP contribution in [0.3, 0.4) is 0 Å². The van der Waals surface area contributed by atoms with Gasteiger partial charge in [-0.25, -0.2) is 4.98 Å². The summed E-state index contributed by atoms with van der Waals surface area (Å²) in [7, 11) is 0. The second-order valence-corrected chi connectivity index (χ2v) is 5.84. The van der Waals surface area contributed by atoms with Gasteiger partial charge in [-0.2, -0.15) is 5.10 Å². The number of aryl methyl sites for hydroxylation is 1. The number of aromatic amines is 1. The largest absolute Gasteiger partial charge is 0.367 e. The zero-order chi connectivity index (χ0) is 13.8. The van der Waals surface area contributed by atoms with Crippen LogP contribution >= 0.6 is 0 Å². The van der Waals surface area contributed by atoms with E-state index in [9.17, 15) is 0 Å². The van der Waals surface area contributed by atoms with E-state index in [1.165, 1.54) is 38.9 Å². The van der Waals surface area contributed by atoms with Crippen LogP contribution in [0.5, 0.6) is 0 Å². The second kappa shape index (κ2) is 6.65. The molecule has 0 aliphatic carbocycles. The minimum absolute atomic E-state index is 0.0232. The highest BCUT2D eigenvalue weighted by atomic mass is 16.5. The van der Waals surface area contributed by atoms with E-state index in [4.69, 9.17) is 4.74 Å². The normalized spacial score (nSPS) is 25.9. The molecule has 6 heteroatoms. The summed E-state index contributed by atoms with van der Waals surface area (Å²) in [5.41, 5.74) is 0. The summed E-state index contributed by atoms with van der Waals surface area (Å²) in [5.74, 6) is 1.65. The number of likely N-dealkylation sites (tertiary alicyclic amines) is 1. The number of hydrogen-bond acceptors (Lipinski definition) is 5. The molecule has 1 aromatic rings. The molecule has 0 amide bonds. The number of nitrogens with one attached hydrogen (secondary N) is 1. The third kappa shape index (κ3) is 3.56. The van der Waals surface area contributed by atoms with E-state index >= 15 is 0 Å². The first-order valence-corrected chi connectivity index (χ1v) is 7.76. The minimum atomic E-state index is 0.0232. The number of hydrogen-bond donors (Lipinski definition) is 1. The van der Waals surface area contributed by atoms with Crippen LogP contribution in [0.1, 0.15) is 37.0 Å². The molecule has 2 fully saturated rings. The summed E-state index contributed by atoms with van der Waals surface area (Å²) >= 11 is 0. The Morgan fingerprint density at radius 2 is 1.95 bits per heavy atom. The van der Waals surface area contributed by atoms with E-state index in [1.54, 1.807) is 0 Å². The average molecular weight is 279 g/mol. The van der Waals surface area contributed by atoms with Crippen LogP contribution in [-0.2, 0) is 4.74 Å². The van der Waals surface area contributed by atoms with Crippen LogP contribution in [0, 0.1) is 6.92 Å². The standard InChI is InChI=1S/C14H25N5O/c1-12-15-14(17-16-12)13-11-19(9-10-20-13)8-7-18-5-3-2-4-6-18/h13H,2-11H2,1H3,(H,15,16,17). The number of aromatic nitrogens is 3. The number of piperidine rings is 1. The quantitative estimate of drug-likeness (QED) is 0.890. The molecule has 2 aliphatic rings. The van der Waals surface area contributed by atoms with Gasteiger partial charge in [0.2, 0.25) is 0 Å². The van der Waals surface area contributed by atoms with Gasteiger partial charge in [-0.15, -0.1) is 0 Å². The summed E-state index contributed by atoms with van der Waals surface area (Å²) in [4.78, 5) is 9.46. The zero-order valence-electron chi connectivity index (χ0n) is 12.3. The van der Waals surface area contributed by atoms with Gasteiger partial charge in [0, 0.05) is 26.2 Å². The average Bonchev–Trinajstić information content (AvgIpc) is 2.93. The van der Waals surface area contributed by atoms with Gasteiger partial charge in [0.25, 0.3) is 0 Å². The molecule has 1 atom stereocenters. The van der Waals surface area contributed by atoms with Crippen molar-refractivity contribution in [3.8, 4) is 0 Å². The number of nitrogens with zero attached hydrogens (tertiary/aromatic N) is 4. The molecular weight excluding hydrogens is 254 g/mol. The van der Waals surface area contributed by atoms with Crippen molar-refractivity contribution >= 4 is 0 Å². The fourth-order valence-electron chi connectivity index (χ4n) is 3.03. The molecule has 112 valence electrons. The van der Waals surface area contributed by atoms with Crippen molar-refractivity contribution in [3.63, 3.8) is 0 Å². The van der Waals surface area contributed by atoms with Gasteiger partial charge >= 0.3 is 0 Å². The first-order valence-electron chi connectivity index (χ1n) is 7.76. The maximum Gasteiger partial charge on any atom is 0.180 e. The predicted octanol–water partition coefficient (Wildman–Crippen LogP) is 0.972. The third-order valence-corrected chi connectivity index (χ3v) is 4.23. The number of ether oxygens (including phenoxy) is 1. The summed E-state index contributed by atoms with van der Waals surface area (Å²) in [5, 5.41) is 7.12. The molecule has 0 aromatic carbocycles. The Bertz CT molecular complexity index is 415. The van der Waals surface area contributed by atoms with E-state index in [1.807, 2.05) is 6.92 Å². The van der Waals surface area contributed by atoms with E-state index in [0.717, 1.165) is 37.9 Å². The van der Waals surface area contributed by atoms with E-state index in [2.05, 4.69) is 25.0 Å². The number of morpholine rings is 1. The highest BCUT2D eigenvalue weighted by molar-refractivity contribution is 4.95. The summed E-state index contributed by atoms with van der Waals surface area (Å²) in [6.07, 6.45) is 4.15. The van der Waals surface area contributed by atoms with Crippen molar-refractivity contribution in [2.75, 3.05) is 45.9 Å². The van der Waals surface area contributed by atoms with Gasteiger partial charge in [-0.05, 0) is 32.9 Å². The SMILES string of the molecule is Cc1nc(C2CN(CCN3CCCCC3)CCO2)n[nH]1. The molecular formula is C14H25N5O. The molecule has 3 heterocycles. The van der Waals surface area contributed by atoms with Gasteiger partial charge < -0.3 is 9.64 Å². The van der Waals surface area contributed by atoms with E-state index in [-0.39, 0.29) is 6.10 Å². The van der Waals surface area contributed by atoms with Gasteiger partial charge in [-0.1, -0.05) is 6.42 Å². The fraction of sp³-hybridized carbons (Fsp3) is 0.857. The minimum Gasteiger partial charge on any atom is -0.367 e. The highest BCUT2D eigenvalue weighted by Gasteiger charge is 2.25. The van der Waals surface area contributed by atoms with Crippen molar-refractivity contribution in [2.45, 2.75) is 32.3 Å². The van der Waals surface area contributed by atoms with Crippen LogP contribution < -0.4 is 0 Å². The smallest absolute Gasteiger partial charge is 0.180 e. The van der Waals surface area contributed by atoms with Gasteiger partial charge in [0.1, 0.15) is 11.9 Å². The summed E-state index contributed by atoms with van der Waals surface area (Å²) < 4.78 is 5.80. The molecule has 1 unspecified atom stereocenters.